The second-order valence-electron chi connectivity index (χ2n) is 6.10. The molecular formula is C16H23BrClN3. The zero-order valence-electron chi connectivity index (χ0n) is 12.3. The molecular weight excluding hydrogens is 350 g/mol. The minimum atomic E-state index is 0.231. The first-order chi connectivity index (χ1) is 10.2. The summed E-state index contributed by atoms with van der Waals surface area (Å²) in [6.45, 7) is 5.26. The minimum Gasteiger partial charge on any atom is -0.329 e. The summed E-state index contributed by atoms with van der Waals surface area (Å²) in [5.41, 5.74) is 7.24. The number of halogens is 2. The molecule has 2 aliphatic rings. The first kappa shape index (κ1) is 15.8. The number of piperazine rings is 1. The molecule has 1 aromatic rings. The summed E-state index contributed by atoms with van der Waals surface area (Å²) in [6.07, 6.45) is 4.04. The predicted octanol–water partition coefficient (Wildman–Crippen LogP) is 3.27. The highest BCUT2D eigenvalue weighted by Gasteiger charge is 2.32. The van der Waals surface area contributed by atoms with E-state index in [0.29, 0.717) is 12.6 Å². The lowest BCUT2D eigenvalue weighted by molar-refractivity contribution is 0.0286. The third-order valence-electron chi connectivity index (χ3n) is 4.85. The van der Waals surface area contributed by atoms with E-state index in [9.17, 15) is 0 Å². The van der Waals surface area contributed by atoms with Crippen molar-refractivity contribution in [3.8, 4) is 0 Å². The Morgan fingerprint density at radius 1 is 1.29 bits per heavy atom. The number of nitrogens with two attached hydrogens (primary N) is 1. The number of rotatable bonds is 3. The Bertz CT molecular complexity index is 496. The molecule has 0 aromatic heterocycles. The van der Waals surface area contributed by atoms with Gasteiger partial charge in [-0.2, -0.15) is 0 Å². The van der Waals surface area contributed by atoms with Crippen molar-refractivity contribution in [3.05, 3.63) is 33.3 Å². The zero-order valence-corrected chi connectivity index (χ0v) is 14.6. The molecule has 2 heterocycles. The van der Waals surface area contributed by atoms with Crippen LogP contribution in [0.15, 0.2) is 22.7 Å². The average molecular weight is 373 g/mol. The molecule has 3 nitrogen and oxygen atoms in total. The summed E-state index contributed by atoms with van der Waals surface area (Å²) in [7, 11) is 0. The fraction of sp³-hybridized carbons (Fsp3) is 0.625. The summed E-state index contributed by atoms with van der Waals surface area (Å²) in [5.74, 6) is 0. The second-order valence-corrected chi connectivity index (χ2v) is 7.42. The highest BCUT2D eigenvalue weighted by atomic mass is 79.9. The van der Waals surface area contributed by atoms with Crippen LogP contribution in [0.5, 0.6) is 0 Å². The van der Waals surface area contributed by atoms with E-state index in [1.165, 1.54) is 25.8 Å². The summed E-state index contributed by atoms with van der Waals surface area (Å²) in [5, 5.41) is 0.811. The maximum absolute atomic E-state index is 6.44. The van der Waals surface area contributed by atoms with Crippen LogP contribution >= 0.6 is 27.5 Å². The Kier molecular flexibility index (Phi) is 5.23. The van der Waals surface area contributed by atoms with E-state index < -0.39 is 0 Å². The largest absolute Gasteiger partial charge is 0.329 e. The van der Waals surface area contributed by atoms with E-state index in [4.69, 9.17) is 17.3 Å². The Morgan fingerprint density at radius 3 is 2.90 bits per heavy atom. The van der Waals surface area contributed by atoms with Crippen LogP contribution in [0.1, 0.15) is 30.9 Å². The highest BCUT2D eigenvalue weighted by Crippen LogP contribution is 2.32. The van der Waals surface area contributed by atoms with E-state index >= 15 is 0 Å². The molecule has 21 heavy (non-hydrogen) atoms. The normalized spacial score (nSPS) is 25.6. The van der Waals surface area contributed by atoms with Crippen LogP contribution in [-0.2, 0) is 0 Å². The molecule has 0 saturated carbocycles. The maximum atomic E-state index is 6.44. The predicted molar refractivity (Wildman–Crippen MR) is 91.7 cm³/mol. The van der Waals surface area contributed by atoms with Crippen LogP contribution < -0.4 is 5.73 Å². The summed E-state index contributed by atoms with van der Waals surface area (Å²) < 4.78 is 1.02. The molecule has 3 rings (SSSR count). The lowest BCUT2D eigenvalue weighted by Gasteiger charge is -2.46. The van der Waals surface area contributed by atoms with E-state index in [1.807, 2.05) is 6.07 Å². The molecule has 0 spiro atoms. The number of benzene rings is 1. The molecule has 116 valence electrons. The van der Waals surface area contributed by atoms with Gasteiger partial charge in [-0.3, -0.25) is 9.80 Å². The van der Waals surface area contributed by atoms with Crippen molar-refractivity contribution < 1.29 is 0 Å². The molecule has 1 aromatic carbocycles. The lowest BCUT2D eigenvalue weighted by atomic mass is 9.97. The molecule has 2 N–H and O–H groups in total. The molecule has 5 heteroatoms. The highest BCUT2D eigenvalue weighted by molar-refractivity contribution is 9.10. The van der Waals surface area contributed by atoms with Gasteiger partial charge in [0, 0.05) is 47.8 Å². The number of hydrogen-bond acceptors (Lipinski definition) is 3. The molecule has 2 atom stereocenters. The van der Waals surface area contributed by atoms with Gasteiger partial charge in [-0.1, -0.05) is 40.0 Å². The maximum Gasteiger partial charge on any atom is 0.0486 e. The van der Waals surface area contributed by atoms with E-state index in [0.717, 1.165) is 34.7 Å². The van der Waals surface area contributed by atoms with E-state index in [2.05, 4.69) is 37.9 Å². The van der Waals surface area contributed by atoms with Gasteiger partial charge in [-0.15, -0.1) is 0 Å². The van der Waals surface area contributed by atoms with Crippen molar-refractivity contribution in [2.75, 3.05) is 32.7 Å². The number of fused-ring (bicyclic) bond motifs is 1. The summed E-state index contributed by atoms with van der Waals surface area (Å²) in [6, 6.07) is 7.07. The molecule has 0 radical (unpaired) electrons. The lowest BCUT2D eigenvalue weighted by Crippen LogP contribution is -2.56. The minimum absolute atomic E-state index is 0.231. The fourth-order valence-electron chi connectivity index (χ4n) is 3.71. The van der Waals surface area contributed by atoms with Gasteiger partial charge in [-0.05, 0) is 37.1 Å². The molecule has 2 saturated heterocycles. The van der Waals surface area contributed by atoms with Gasteiger partial charge in [-0.25, -0.2) is 0 Å². The van der Waals surface area contributed by atoms with Crippen LogP contribution in [-0.4, -0.2) is 48.6 Å². The van der Waals surface area contributed by atoms with Gasteiger partial charge < -0.3 is 5.73 Å². The third kappa shape index (κ3) is 3.45. The van der Waals surface area contributed by atoms with E-state index in [-0.39, 0.29) is 6.04 Å². The second kappa shape index (κ2) is 6.97. The Hall–Kier alpha value is -0.130. The van der Waals surface area contributed by atoms with Crippen LogP contribution in [0.3, 0.4) is 0 Å². The van der Waals surface area contributed by atoms with Crippen molar-refractivity contribution in [1.29, 1.82) is 0 Å². The van der Waals surface area contributed by atoms with Crippen LogP contribution in [0.4, 0.5) is 0 Å². The van der Waals surface area contributed by atoms with Crippen molar-refractivity contribution in [3.63, 3.8) is 0 Å². The first-order valence-corrected chi connectivity index (χ1v) is 8.99. The third-order valence-corrected chi connectivity index (χ3v) is 5.67. The fourth-order valence-corrected chi connectivity index (χ4v) is 4.51. The standard InChI is InChI=1S/C16H23BrClN3/c17-12-4-5-14(15(18)9-12)16(10-19)21-8-7-20-6-2-1-3-13(20)11-21/h4-5,9,13,16H,1-3,6-8,10-11,19H2. The topological polar surface area (TPSA) is 32.5 Å². The molecule has 0 bridgehead atoms. The first-order valence-electron chi connectivity index (χ1n) is 7.82. The van der Waals surface area contributed by atoms with Crippen molar-refractivity contribution >= 4 is 27.5 Å². The van der Waals surface area contributed by atoms with Gasteiger partial charge in [0.1, 0.15) is 0 Å². The summed E-state index contributed by atoms with van der Waals surface area (Å²) >= 11 is 9.91. The van der Waals surface area contributed by atoms with Crippen molar-refractivity contribution in [1.82, 2.24) is 9.80 Å². The van der Waals surface area contributed by atoms with Gasteiger partial charge in [0.05, 0.1) is 0 Å². The number of hydrogen-bond donors (Lipinski definition) is 1. The Balaban J connectivity index is 1.77. The molecule has 2 fully saturated rings. The van der Waals surface area contributed by atoms with Gasteiger partial charge >= 0.3 is 0 Å². The smallest absolute Gasteiger partial charge is 0.0486 e. The zero-order chi connectivity index (χ0) is 14.8. The quantitative estimate of drug-likeness (QED) is 0.884. The number of nitrogens with zero attached hydrogens (tertiary/aromatic N) is 2. The average Bonchev–Trinajstić information content (AvgIpc) is 2.50. The molecule has 0 aliphatic carbocycles. The Morgan fingerprint density at radius 2 is 2.14 bits per heavy atom. The molecule has 0 amide bonds. The molecule has 2 unspecified atom stereocenters. The summed E-state index contributed by atoms with van der Waals surface area (Å²) in [4.78, 5) is 5.18. The van der Waals surface area contributed by atoms with E-state index in [1.54, 1.807) is 0 Å². The van der Waals surface area contributed by atoms with Gasteiger partial charge in [0.15, 0.2) is 0 Å². The van der Waals surface area contributed by atoms with Gasteiger partial charge in [0.25, 0.3) is 0 Å². The van der Waals surface area contributed by atoms with Crippen LogP contribution in [0, 0.1) is 0 Å². The SMILES string of the molecule is NCC(c1ccc(Br)cc1Cl)N1CCN2CCCCC2C1. The molecule has 2 aliphatic heterocycles. The van der Waals surface area contributed by atoms with Crippen LogP contribution in [0.25, 0.3) is 0 Å². The number of piperidine rings is 1. The van der Waals surface area contributed by atoms with Crippen molar-refractivity contribution in [2.24, 2.45) is 5.73 Å². The van der Waals surface area contributed by atoms with Gasteiger partial charge in [0.2, 0.25) is 0 Å². The van der Waals surface area contributed by atoms with Crippen LogP contribution in [0.2, 0.25) is 5.02 Å². The Labute approximate surface area is 140 Å². The monoisotopic (exact) mass is 371 g/mol. The van der Waals surface area contributed by atoms with Crippen molar-refractivity contribution in [2.45, 2.75) is 31.3 Å².